The summed E-state index contributed by atoms with van der Waals surface area (Å²) in [6.45, 7) is 9.02. The number of sulfonamides is 1. The van der Waals surface area contributed by atoms with Crippen LogP contribution in [0.4, 0.5) is 0 Å². The van der Waals surface area contributed by atoms with Crippen LogP contribution in [0.15, 0.2) is 17.0 Å². The number of nitrogens with one attached hydrogen (secondary N) is 1. The van der Waals surface area contributed by atoms with Crippen molar-refractivity contribution in [2.45, 2.75) is 51.9 Å². The van der Waals surface area contributed by atoms with Gasteiger partial charge in [0.1, 0.15) is 0 Å². The van der Waals surface area contributed by atoms with Gasteiger partial charge in [0.2, 0.25) is 15.9 Å². The quantitative estimate of drug-likeness (QED) is 0.885. The van der Waals surface area contributed by atoms with Gasteiger partial charge in [0.05, 0.1) is 10.8 Å². The molecule has 134 valence electrons. The van der Waals surface area contributed by atoms with Crippen molar-refractivity contribution in [1.82, 2.24) is 9.62 Å². The third kappa shape index (κ3) is 3.98. The van der Waals surface area contributed by atoms with E-state index in [0.717, 1.165) is 29.5 Å². The third-order valence-corrected chi connectivity index (χ3v) is 6.68. The number of piperidine rings is 1. The molecular weight excluding hydrogens is 324 g/mol. The normalized spacial score (nSPS) is 19.2. The maximum atomic E-state index is 13.1. The van der Waals surface area contributed by atoms with E-state index in [-0.39, 0.29) is 18.4 Å². The predicted molar refractivity (Wildman–Crippen MR) is 95.4 cm³/mol. The molecule has 0 saturated carbocycles. The highest BCUT2D eigenvalue weighted by atomic mass is 32.2. The number of benzene rings is 1. The van der Waals surface area contributed by atoms with E-state index in [1.807, 2.05) is 39.8 Å². The highest BCUT2D eigenvalue weighted by Crippen LogP contribution is 2.28. The first-order valence-electron chi connectivity index (χ1n) is 8.63. The summed E-state index contributed by atoms with van der Waals surface area (Å²) < 4.78 is 27.7. The molecule has 1 saturated heterocycles. The molecule has 0 unspecified atom stereocenters. The van der Waals surface area contributed by atoms with E-state index in [1.165, 1.54) is 4.31 Å². The minimum Gasteiger partial charge on any atom is -0.356 e. The molecule has 1 atom stereocenters. The van der Waals surface area contributed by atoms with Crippen molar-refractivity contribution in [3.05, 3.63) is 28.8 Å². The van der Waals surface area contributed by atoms with Crippen LogP contribution >= 0.6 is 0 Å². The SMILES string of the molecule is CCCNC(=O)[C@@H]1CCCN(S(=O)(=O)c2c(C)cc(C)cc2C)C1. The molecule has 6 heteroatoms. The van der Waals surface area contributed by atoms with Crippen molar-refractivity contribution >= 4 is 15.9 Å². The molecule has 0 aromatic heterocycles. The Kier molecular flexibility index (Phi) is 6.04. The molecule has 0 spiro atoms. The average Bonchev–Trinajstić information content (AvgIpc) is 2.51. The minimum absolute atomic E-state index is 0.0332. The number of hydrogen-bond donors (Lipinski definition) is 1. The Morgan fingerprint density at radius 3 is 2.46 bits per heavy atom. The molecule has 1 N–H and O–H groups in total. The van der Waals surface area contributed by atoms with E-state index in [1.54, 1.807) is 0 Å². The molecule has 1 fully saturated rings. The highest BCUT2D eigenvalue weighted by molar-refractivity contribution is 7.89. The minimum atomic E-state index is -3.57. The summed E-state index contributed by atoms with van der Waals surface area (Å²) in [7, 11) is -3.57. The molecule has 2 rings (SSSR count). The monoisotopic (exact) mass is 352 g/mol. The largest absolute Gasteiger partial charge is 0.356 e. The van der Waals surface area contributed by atoms with Gasteiger partial charge in [-0.25, -0.2) is 8.42 Å². The Balaban J connectivity index is 2.25. The second kappa shape index (κ2) is 7.66. The smallest absolute Gasteiger partial charge is 0.243 e. The number of carbonyl (C=O) groups excluding carboxylic acids is 1. The molecule has 1 aliphatic rings. The Bertz CT molecular complexity index is 690. The maximum absolute atomic E-state index is 13.1. The Hall–Kier alpha value is -1.40. The van der Waals surface area contributed by atoms with Crippen LogP contribution in [0.1, 0.15) is 42.9 Å². The van der Waals surface area contributed by atoms with Gasteiger partial charge in [0, 0.05) is 19.6 Å². The van der Waals surface area contributed by atoms with Crippen molar-refractivity contribution in [2.24, 2.45) is 5.92 Å². The lowest BCUT2D eigenvalue weighted by Gasteiger charge is -2.32. The lowest BCUT2D eigenvalue weighted by Crippen LogP contribution is -2.45. The number of nitrogens with zero attached hydrogens (tertiary/aromatic N) is 1. The third-order valence-electron chi connectivity index (χ3n) is 4.51. The van der Waals surface area contributed by atoms with E-state index in [0.29, 0.717) is 24.4 Å². The summed E-state index contributed by atoms with van der Waals surface area (Å²) in [4.78, 5) is 12.6. The molecular formula is C18H28N2O3S. The summed E-state index contributed by atoms with van der Waals surface area (Å²) in [6, 6.07) is 3.80. The number of rotatable bonds is 5. The molecule has 24 heavy (non-hydrogen) atoms. The molecule has 1 aromatic rings. The number of aryl methyl sites for hydroxylation is 3. The molecule has 1 aliphatic heterocycles. The number of amides is 1. The standard InChI is InChI=1S/C18H28N2O3S/c1-5-8-19-18(21)16-7-6-9-20(12-16)24(22,23)17-14(3)10-13(2)11-15(17)4/h10-11,16H,5-9,12H2,1-4H3,(H,19,21)/t16-/m1/s1. The van der Waals surface area contributed by atoms with Gasteiger partial charge in [-0.05, 0) is 51.2 Å². The van der Waals surface area contributed by atoms with Gasteiger partial charge in [-0.1, -0.05) is 24.6 Å². The lowest BCUT2D eigenvalue weighted by atomic mass is 9.99. The average molecular weight is 353 g/mol. The molecule has 1 aromatic carbocycles. The molecule has 1 amide bonds. The van der Waals surface area contributed by atoms with Crippen LogP contribution in [-0.4, -0.2) is 38.3 Å². The van der Waals surface area contributed by atoms with E-state index < -0.39 is 10.0 Å². The van der Waals surface area contributed by atoms with Crippen molar-refractivity contribution < 1.29 is 13.2 Å². The molecule has 0 aliphatic carbocycles. The van der Waals surface area contributed by atoms with Crippen LogP contribution in [0.3, 0.4) is 0 Å². The van der Waals surface area contributed by atoms with Gasteiger partial charge >= 0.3 is 0 Å². The van der Waals surface area contributed by atoms with Gasteiger partial charge in [-0.3, -0.25) is 4.79 Å². The summed E-state index contributed by atoms with van der Waals surface area (Å²) >= 11 is 0. The van der Waals surface area contributed by atoms with Gasteiger partial charge in [-0.15, -0.1) is 0 Å². The van der Waals surface area contributed by atoms with Crippen molar-refractivity contribution in [2.75, 3.05) is 19.6 Å². The summed E-state index contributed by atoms with van der Waals surface area (Å²) in [5.41, 5.74) is 2.59. The Labute approximate surface area is 145 Å². The zero-order chi connectivity index (χ0) is 17.9. The van der Waals surface area contributed by atoms with Crippen LogP contribution < -0.4 is 5.32 Å². The fraction of sp³-hybridized carbons (Fsp3) is 0.611. The van der Waals surface area contributed by atoms with Crippen LogP contribution in [0.5, 0.6) is 0 Å². The zero-order valence-electron chi connectivity index (χ0n) is 15.1. The lowest BCUT2D eigenvalue weighted by molar-refractivity contribution is -0.126. The first-order chi connectivity index (χ1) is 11.3. The first-order valence-corrected chi connectivity index (χ1v) is 10.1. The van der Waals surface area contributed by atoms with Crippen LogP contribution in [0, 0.1) is 26.7 Å². The molecule has 0 radical (unpaired) electrons. The highest BCUT2D eigenvalue weighted by Gasteiger charge is 2.34. The molecule has 0 bridgehead atoms. The van der Waals surface area contributed by atoms with Gasteiger partial charge < -0.3 is 5.32 Å². The molecule has 5 nitrogen and oxygen atoms in total. The second-order valence-corrected chi connectivity index (χ2v) is 8.60. The van der Waals surface area contributed by atoms with Crippen LogP contribution in [0.2, 0.25) is 0 Å². The topological polar surface area (TPSA) is 66.5 Å². The second-order valence-electron chi connectivity index (χ2n) is 6.72. The van der Waals surface area contributed by atoms with E-state index in [4.69, 9.17) is 0 Å². The summed E-state index contributed by atoms with van der Waals surface area (Å²) in [5.74, 6) is -0.291. The predicted octanol–water partition coefficient (Wildman–Crippen LogP) is 2.54. The van der Waals surface area contributed by atoms with Crippen LogP contribution in [0.25, 0.3) is 0 Å². The van der Waals surface area contributed by atoms with Gasteiger partial charge in [0.25, 0.3) is 0 Å². The van der Waals surface area contributed by atoms with Crippen molar-refractivity contribution in [3.63, 3.8) is 0 Å². The first kappa shape index (κ1) is 18.9. The van der Waals surface area contributed by atoms with Gasteiger partial charge in [0.15, 0.2) is 0 Å². The Morgan fingerprint density at radius 1 is 1.25 bits per heavy atom. The van der Waals surface area contributed by atoms with E-state index in [9.17, 15) is 13.2 Å². The fourth-order valence-corrected chi connectivity index (χ4v) is 5.41. The summed E-state index contributed by atoms with van der Waals surface area (Å²) in [5, 5.41) is 2.88. The van der Waals surface area contributed by atoms with Crippen molar-refractivity contribution in [1.29, 1.82) is 0 Å². The van der Waals surface area contributed by atoms with Gasteiger partial charge in [-0.2, -0.15) is 4.31 Å². The fourth-order valence-electron chi connectivity index (χ4n) is 3.47. The van der Waals surface area contributed by atoms with E-state index in [2.05, 4.69) is 5.32 Å². The van der Waals surface area contributed by atoms with Crippen molar-refractivity contribution in [3.8, 4) is 0 Å². The zero-order valence-corrected chi connectivity index (χ0v) is 15.9. The number of carbonyl (C=O) groups is 1. The van der Waals surface area contributed by atoms with E-state index >= 15 is 0 Å². The summed E-state index contributed by atoms with van der Waals surface area (Å²) in [6.07, 6.45) is 2.34. The molecule has 1 heterocycles. The number of hydrogen-bond acceptors (Lipinski definition) is 3. The maximum Gasteiger partial charge on any atom is 0.243 e. The van der Waals surface area contributed by atoms with Crippen LogP contribution in [-0.2, 0) is 14.8 Å². The Morgan fingerprint density at radius 2 is 1.88 bits per heavy atom.